The summed E-state index contributed by atoms with van der Waals surface area (Å²) in [6.45, 7) is 1.65. The van der Waals surface area contributed by atoms with E-state index in [1.807, 2.05) is 0 Å². The van der Waals surface area contributed by atoms with Crippen molar-refractivity contribution in [3.8, 4) is 0 Å². The zero-order valence-electron chi connectivity index (χ0n) is 10.9. The molecule has 0 spiro atoms. The van der Waals surface area contributed by atoms with Crippen molar-refractivity contribution in [2.45, 2.75) is 43.5 Å². The van der Waals surface area contributed by atoms with Crippen molar-refractivity contribution in [1.29, 1.82) is 0 Å². The van der Waals surface area contributed by atoms with E-state index in [2.05, 4.69) is 0 Å². The van der Waals surface area contributed by atoms with Gasteiger partial charge in [0, 0.05) is 12.4 Å². The molecule has 0 radical (unpaired) electrons. The second kappa shape index (κ2) is 7.78. The fraction of sp³-hybridized carbons (Fsp3) is 1.00. The van der Waals surface area contributed by atoms with Gasteiger partial charge in [-0.05, 0) is 25.1 Å². The van der Waals surface area contributed by atoms with E-state index >= 15 is 0 Å². The Kier molecular flexibility index (Phi) is 6.34. The van der Waals surface area contributed by atoms with Crippen LogP contribution in [0.5, 0.6) is 0 Å². The molecule has 112 valence electrons. The number of hydrogen-bond acceptors (Lipinski definition) is 7. The largest absolute Gasteiger partial charge is 0.387 e. The highest BCUT2D eigenvalue weighted by Gasteiger charge is 2.46. The Hall–Kier alpha value is 0.110. The predicted octanol–water partition coefficient (Wildman–Crippen LogP) is -0.679. The molecular formula is C12H23NO5S. The molecule has 6 nitrogen and oxygen atoms in total. The van der Waals surface area contributed by atoms with Crippen LogP contribution in [0.15, 0.2) is 0 Å². The number of hydrogen-bond donors (Lipinski definition) is 3. The average molecular weight is 293 g/mol. The maximum absolute atomic E-state index is 10.1. The van der Waals surface area contributed by atoms with E-state index in [0.717, 1.165) is 18.6 Å². The normalized spacial score (nSPS) is 39.6. The zero-order chi connectivity index (χ0) is 13.7. The van der Waals surface area contributed by atoms with Crippen LogP contribution in [0, 0.1) is 0 Å². The number of rotatable bonds is 5. The molecule has 2 bridgehead atoms. The second-order valence-corrected chi connectivity index (χ2v) is 5.95. The fourth-order valence-electron chi connectivity index (χ4n) is 2.25. The molecular weight excluding hydrogens is 270 g/mol. The number of fused-ring (bicyclic) bond motifs is 6. The van der Waals surface area contributed by atoms with E-state index in [9.17, 15) is 10.2 Å². The van der Waals surface area contributed by atoms with Crippen LogP contribution in [0.3, 0.4) is 0 Å². The van der Waals surface area contributed by atoms with Crippen LogP contribution in [0.25, 0.3) is 0 Å². The molecule has 0 aromatic carbocycles. The molecule has 7 heteroatoms. The van der Waals surface area contributed by atoms with E-state index in [1.54, 1.807) is 11.8 Å². The third-order valence-electron chi connectivity index (χ3n) is 3.30. The number of aliphatic hydroxyl groups is 2. The van der Waals surface area contributed by atoms with Gasteiger partial charge >= 0.3 is 0 Å². The van der Waals surface area contributed by atoms with Crippen molar-refractivity contribution in [1.82, 2.24) is 0 Å². The summed E-state index contributed by atoms with van der Waals surface area (Å²) in [7, 11) is 0. The number of ether oxygens (including phenoxy) is 3. The molecule has 5 atom stereocenters. The number of aliphatic hydroxyl groups excluding tert-OH is 2. The maximum atomic E-state index is 10.1. The van der Waals surface area contributed by atoms with Crippen molar-refractivity contribution < 1.29 is 24.4 Å². The van der Waals surface area contributed by atoms with E-state index in [4.69, 9.17) is 19.9 Å². The van der Waals surface area contributed by atoms with Gasteiger partial charge in [-0.15, -0.1) is 0 Å². The lowest BCUT2D eigenvalue weighted by Crippen LogP contribution is -2.59. The summed E-state index contributed by atoms with van der Waals surface area (Å²) in [5.41, 5.74) is 5.45. The summed E-state index contributed by atoms with van der Waals surface area (Å²) in [5.74, 6) is 1.65. The Morgan fingerprint density at radius 2 is 1.95 bits per heavy atom. The first-order valence-corrected chi connectivity index (χ1v) is 7.92. The van der Waals surface area contributed by atoms with Gasteiger partial charge in [-0.25, -0.2) is 0 Å². The van der Waals surface area contributed by atoms with Crippen LogP contribution in [0.4, 0.5) is 0 Å². The third kappa shape index (κ3) is 4.04. The van der Waals surface area contributed by atoms with E-state index in [0.29, 0.717) is 25.5 Å². The van der Waals surface area contributed by atoms with Crippen LogP contribution in [0.2, 0.25) is 0 Å². The van der Waals surface area contributed by atoms with Crippen LogP contribution >= 0.6 is 11.8 Å². The lowest BCUT2D eigenvalue weighted by Gasteiger charge is -2.41. The smallest absolute Gasteiger partial charge is 0.186 e. The highest BCUT2D eigenvalue weighted by atomic mass is 32.2. The molecule has 0 amide bonds. The van der Waals surface area contributed by atoms with Crippen LogP contribution < -0.4 is 5.73 Å². The van der Waals surface area contributed by atoms with Crippen molar-refractivity contribution in [3.63, 3.8) is 0 Å². The summed E-state index contributed by atoms with van der Waals surface area (Å²) in [6.07, 6.45) is -1.82. The first kappa shape index (κ1) is 15.5. The standard InChI is InChI=1S/C12H23NO5S/c13-3-1-6-19-7-8-11-9(14)10(15)12(18-8)17-5-2-4-16-11/h8-12,14-15H,1-7,13H2. The highest BCUT2D eigenvalue weighted by molar-refractivity contribution is 7.99. The Morgan fingerprint density at radius 3 is 2.74 bits per heavy atom. The summed E-state index contributed by atoms with van der Waals surface area (Å²) < 4.78 is 16.8. The Bertz CT molecular complexity index is 269. The van der Waals surface area contributed by atoms with Gasteiger partial charge in [0.2, 0.25) is 0 Å². The first-order chi connectivity index (χ1) is 9.24. The topological polar surface area (TPSA) is 94.2 Å². The van der Waals surface area contributed by atoms with Crippen LogP contribution in [-0.2, 0) is 14.2 Å². The number of nitrogens with two attached hydrogens (primary N) is 1. The maximum Gasteiger partial charge on any atom is 0.186 e. The first-order valence-electron chi connectivity index (χ1n) is 6.76. The van der Waals surface area contributed by atoms with Crippen molar-refractivity contribution in [2.75, 3.05) is 31.3 Å². The SMILES string of the molecule is NCCCSCC1OC2OCCCOC1C(O)C2O. The van der Waals surface area contributed by atoms with Crippen molar-refractivity contribution in [2.24, 2.45) is 5.73 Å². The van der Waals surface area contributed by atoms with Gasteiger partial charge < -0.3 is 30.2 Å². The monoisotopic (exact) mass is 293 g/mol. The molecule has 3 heterocycles. The molecule has 3 saturated heterocycles. The molecule has 3 rings (SSSR count). The molecule has 4 N–H and O–H groups in total. The van der Waals surface area contributed by atoms with Gasteiger partial charge in [-0.3, -0.25) is 0 Å². The molecule has 0 aromatic rings. The van der Waals surface area contributed by atoms with Gasteiger partial charge in [0.15, 0.2) is 6.29 Å². The van der Waals surface area contributed by atoms with Gasteiger partial charge in [-0.2, -0.15) is 11.8 Å². The fourth-order valence-corrected chi connectivity index (χ4v) is 3.28. The molecule has 3 fully saturated rings. The molecule has 0 saturated carbocycles. The lowest BCUT2D eigenvalue weighted by molar-refractivity contribution is -0.289. The van der Waals surface area contributed by atoms with Gasteiger partial charge in [-0.1, -0.05) is 0 Å². The minimum absolute atomic E-state index is 0.260. The van der Waals surface area contributed by atoms with Crippen LogP contribution in [-0.4, -0.2) is 72.2 Å². The van der Waals surface area contributed by atoms with E-state index in [-0.39, 0.29) is 6.10 Å². The quantitative estimate of drug-likeness (QED) is 0.578. The lowest BCUT2D eigenvalue weighted by atomic mass is 10.00. The van der Waals surface area contributed by atoms with Crippen molar-refractivity contribution in [3.05, 3.63) is 0 Å². The highest BCUT2D eigenvalue weighted by Crippen LogP contribution is 2.28. The Labute approximate surface area is 117 Å². The van der Waals surface area contributed by atoms with Gasteiger partial charge in [0.05, 0.1) is 12.7 Å². The molecule has 0 aromatic heterocycles. The van der Waals surface area contributed by atoms with E-state index < -0.39 is 24.6 Å². The van der Waals surface area contributed by atoms with Gasteiger partial charge in [0.1, 0.15) is 18.3 Å². The Morgan fingerprint density at radius 1 is 1.16 bits per heavy atom. The third-order valence-corrected chi connectivity index (χ3v) is 4.44. The minimum Gasteiger partial charge on any atom is -0.387 e. The molecule has 0 aliphatic carbocycles. The summed E-state index contributed by atoms with van der Waals surface area (Å²) in [4.78, 5) is 0. The number of thioether (sulfide) groups is 1. The minimum atomic E-state index is -1.05. The molecule has 3 aliphatic rings. The molecule has 19 heavy (non-hydrogen) atoms. The van der Waals surface area contributed by atoms with Gasteiger partial charge in [0.25, 0.3) is 0 Å². The summed E-state index contributed by atoms with van der Waals surface area (Å²) in [6, 6.07) is 0. The average Bonchev–Trinajstić information content (AvgIpc) is 2.55. The predicted molar refractivity (Wildman–Crippen MR) is 72.0 cm³/mol. The second-order valence-electron chi connectivity index (χ2n) is 4.80. The summed E-state index contributed by atoms with van der Waals surface area (Å²) in [5, 5.41) is 20.0. The Balaban J connectivity index is 1.94. The van der Waals surface area contributed by atoms with Crippen molar-refractivity contribution >= 4 is 11.8 Å². The zero-order valence-corrected chi connectivity index (χ0v) is 11.8. The summed E-state index contributed by atoms with van der Waals surface area (Å²) >= 11 is 1.72. The molecule has 5 unspecified atom stereocenters. The molecule has 3 aliphatic heterocycles. The van der Waals surface area contributed by atoms with E-state index in [1.165, 1.54) is 0 Å². The van der Waals surface area contributed by atoms with Crippen LogP contribution in [0.1, 0.15) is 12.8 Å².